The van der Waals surface area contributed by atoms with Crippen LogP contribution in [0.1, 0.15) is 31.7 Å². The summed E-state index contributed by atoms with van der Waals surface area (Å²) >= 11 is 1.75. The van der Waals surface area contributed by atoms with Gasteiger partial charge in [0.25, 0.3) is 0 Å². The number of hydrogen-bond donors (Lipinski definition) is 1. The van der Waals surface area contributed by atoms with Gasteiger partial charge in [0.1, 0.15) is 0 Å². The zero-order valence-electron chi connectivity index (χ0n) is 16.9. The van der Waals surface area contributed by atoms with Crippen molar-refractivity contribution in [1.82, 2.24) is 20.0 Å². The summed E-state index contributed by atoms with van der Waals surface area (Å²) in [7, 11) is 6.06. The summed E-state index contributed by atoms with van der Waals surface area (Å²) in [5, 5.41) is 5.39. The summed E-state index contributed by atoms with van der Waals surface area (Å²) in [5.41, 5.74) is 0. The molecule has 26 heavy (non-hydrogen) atoms. The zero-order chi connectivity index (χ0) is 18.8. The van der Waals surface area contributed by atoms with Gasteiger partial charge in [0.15, 0.2) is 5.96 Å². The number of halogens is 1. The zero-order valence-corrected chi connectivity index (χ0v) is 20.0. The van der Waals surface area contributed by atoms with Crippen molar-refractivity contribution >= 4 is 47.2 Å². The average molecular weight is 495 g/mol. The average Bonchev–Trinajstić information content (AvgIpc) is 3.09. The van der Waals surface area contributed by atoms with E-state index in [-0.39, 0.29) is 35.9 Å². The van der Waals surface area contributed by atoms with E-state index in [1.54, 1.807) is 11.3 Å². The van der Waals surface area contributed by atoms with Crippen molar-refractivity contribution in [2.75, 3.05) is 53.9 Å². The molecule has 1 unspecified atom stereocenters. The summed E-state index contributed by atoms with van der Waals surface area (Å²) in [5.74, 6) is 0.895. The first-order chi connectivity index (χ1) is 11.9. The topological polar surface area (TPSA) is 51.2 Å². The van der Waals surface area contributed by atoms with Gasteiger partial charge in [-0.3, -0.25) is 9.79 Å². The van der Waals surface area contributed by atoms with Crippen LogP contribution in [0.25, 0.3) is 0 Å². The quantitative estimate of drug-likeness (QED) is 0.325. The third kappa shape index (κ3) is 7.79. The number of amides is 1. The fourth-order valence-electron chi connectivity index (χ4n) is 2.59. The van der Waals surface area contributed by atoms with E-state index in [1.807, 2.05) is 37.6 Å². The Morgan fingerprint density at radius 1 is 1.23 bits per heavy atom. The molecule has 0 bridgehead atoms. The molecule has 0 saturated heterocycles. The first-order valence-electron chi connectivity index (χ1n) is 8.91. The second-order valence-corrected chi connectivity index (χ2v) is 7.09. The van der Waals surface area contributed by atoms with Crippen LogP contribution in [-0.2, 0) is 4.79 Å². The highest BCUT2D eigenvalue weighted by Gasteiger charge is 2.18. The first kappa shape index (κ1) is 25.1. The second kappa shape index (κ2) is 13.3. The third-order valence-electron chi connectivity index (χ3n) is 4.09. The standard InChI is InChI=1S/C18H33N5OS.HI/c1-7-19-18(22(6)14-17(24)23(8-2)9-3)20-13-15(21(4)5)16-11-10-12-25-16;/h10-12,15H,7-9,13-14H2,1-6H3,(H,19,20);1H. The van der Waals surface area contributed by atoms with Gasteiger partial charge in [-0.05, 0) is 46.3 Å². The number of thiophene rings is 1. The maximum Gasteiger partial charge on any atom is 0.242 e. The van der Waals surface area contributed by atoms with Gasteiger partial charge in [-0.1, -0.05) is 6.07 Å². The summed E-state index contributed by atoms with van der Waals surface area (Å²) in [6.45, 7) is 9.27. The van der Waals surface area contributed by atoms with Crippen molar-refractivity contribution in [3.63, 3.8) is 0 Å². The monoisotopic (exact) mass is 495 g/mol. The number of rotatable bonds is 9. The highest BCUT2D eigenvalue weighted by molar-refractivity contribution is 14.0. The highest BCUT2D eigenvalue weighted by atomic mass is 127. The Labute approximate surface area is 179 Å². The van der Waals surface area contributed by atoms with Crippen LogP contribution in [0.2, 0.25) is 0 Å². The highest BCUT2D eigenvalue weighted by Crippen LogP contribution is 2.23. The lowest BCUT2D eigenvalue weighted by molar-refractivity contribution is -0.131. The minimum atomic E-state index is 0. The van der Waals surface area contributed by atoms with Gasteiger partial charge in [0.05, 0.1) is 19.1 Å². The molecule has 0 aromatic carbocycles. The van der Waals surface area contributed by atoms with Crippen LogP contribution >= 0.6 is 35.3 Å². The Bertz CT molecular complexity index is 532. The van der Waals surface area contributed by atoms with E-state index in [4.69, 9.17) is 4.99 Å². The molecule has 150 valence electrons. The van der Waals surface area contributed by atoms with Crippen molar-refractivity contribution in [1.29, 1.82) is 0 Å². The van der Waals surface area contributed by atoms with Gasteiger partial charge < -0.3 is 20.0 Å². The number of aliphatic imine (C=N–C) groups is 1. The third-order valence-corrected chi connectivity index (χ3v) is 5.07. The molecule has 1 N–H and O–H groups in total. The van der Waals surface area contributed by atoms with E-state index in [1.165, 1.54) is 4.88 Å². The van der Waals surface area contributed by atoms with Crippen molar-refractivity contribution < 1.29 is 4.79 Å². The number of hydrogen-bond acceptors (Lipinski definition) is 4. The molecule has 0 fully saturated rings. The SMILES string of the molecule is CCNC(=NCC(c1cccs1)N(C)C)N(C)CC(=O)N(CC)CC.I. The van der Waals surface area contributed by atoms with Gasteiger partial charge in [0, 0.05) is 31.6 Å². The molecule has 0 aliphatic heterocycles. The molecule has 1 amide bonds. The van der Waals surface area contributed by atoms with E-state index < -0.39 is 0 Å². The lowest BCUT2D eigenvalue weighted by atomic mass is 10.2. The Hall–Kier alpha value is -0.870. The van der Waals surface area contributed by atoms with Crippen molar-refractivity contribution in [3.8, 4) is 0 Å². The maximum atomic E-state index is 12.4. The number of carbonyl (C=O) groups is 1. The number of nitrogens with one attached hydrogen (secondary N) is 1. The molecule has 0 aliphatic carbocycles. The van der Waals surface area contributed by atoms with Crippen LogP contribution in [0.15, 0.2) is 22.5 Å². The molecule has 6 nitrogen and oxygen atoms in total. The molecule has 8 heteroatoms. The molecule has 1 atom stereocenters. The second-order valence-electron chi connectivity index (χ2n) is 6.11. The van der Waals surface area contributed by atoms with Crippen LogP contribution in [0.3, 0.4) is 0 Å². The van der Waals surface area contributed by atoms with Gasteiger partial charge in [0.2, 0.25) is 5.91 Å². The van der Waals surface area contributed by atoms with E-state index in [2.05, 4.69) is 41.8 Å². The summed E-state index contributed by atoms with van der Waals surface area (Å²) in [6.07, 6.45) is 0. The predicted octanol–water partition coefficient (Wildman–Crippen LogP) is 2.73. The molecule has 0 saturated carbocycles. The van der Waals surface area contributed by atoms with Crippen molar-refractivity contribution in [3.05, 3.63) is 22.4 Å². The molecule has 1 rings (SSSR count). The van der Waals surface area contributed by atoms with Crippen LogP contribution in [0.5, 0.6) is 0 Å². The van der Waals surface area contributed by atoms with E-state index in [0.29, 0.717) is 13.1 Å². The lowest BCUT2D eigenvalue weighted by Gasteiger charge is -2.27. The normalized spacial score (nSPS) is 12.5. The molecule has 1 aromatic heterocycles. The van der Waals surface area contributed by atoms with Gasteiger partial charge >= 0.3 is 0 Å². The smallest absolute Gasteiger partial charge is 0.242 e. The molecular formula is C18H34IN5OS. The molecule has 1 aromatic rings. The number of nitrogens with zero attached hydrogens (tertiary/aromatic N) is 4. The number of guanidine groups is 1. The number of carbonyl (C=O) groups excluding carboxylic acids is 1. The van der Waals surface area contributed by atoms with Crippen molar-refractivity contribution in [2.24, 2.45) is 4.99 Å². The molecule has 0 spiro atoms. The predicted molar refractivity (Wildman–Crippen MR) is 123 cm³/mol. The Morgan fingerprint density at radius 3 is 2.35 bits per heavy atom. The van der Waals surface area contributed by atoms with E-state index >= 15 is 0 Å². The summed E-state index contributed by atoms with van der Waals surface area (Å²) in [4.78, 5) is 24.4. The summed E-state index contributed by atoms with van der Waals surface area (Å²) < 4.78 is 0. The van der Waals surface area contributed by atoms with Gasteiger partial charge in [-0.25, -0.2) is 0 Å². The molecule has 1 heterocycles. The van der Waals surface area contributed by atoms with E-state index in [9.17, 15) is 4.79 Å². The molecular weight excluding hydrogens is 461 g/mol. The van der Waals surface area contributed by atoms with Crippen LogP contribution in [0, 0.1) is 0 Å². The van der Waals surface area contributed by atoms with Crippen LogP contribution in [0.4, 0.5) is 0 Å². The lowest BCUT2D eigenvalue weighted by Crippen LogP contribution is -2.46. The Morgan fingerprint density at radius 2 is 1.88 bits per heavy atom. The summed E-state index contributed by atoms with van der Waals surface area (Å²) in [6, 6.07) is 4.45. The largest absolute Gasteiger partial charge is 0.357 e. The fourth-order valence-corrected chi connectivity index (χ4v) is 3.50. The maximum absolute atomic E-state index is 12.4. The van der Waals surface area contributed by atoms with Gasteiger partial charge in [-0.15, -0.1) is 35.3 Å². The van der Waals surface area contributed by atoms with E-state index in [0.717, 1.165) is 25.6 Å². The number of likely N-dealkylation sites (N-methyl/N-ethyl adjacent to an activating group) is 3. The van der Waals surface area contributed by atoms with Gasteiger partial charge in [-0.2, -0.15) is 0 Å². The molecule has 0 radical (unpaired) electrons. The first-order valence-corrected chi connectivity index (χ1v) is 9.79. The Kier molecular flexibility index (Phi) is 12.9. The van der Waals surface area contributed by atoms with Crippen LogP contribution in [-0.4, -0.2) is 80.4 Å². The Balaban J connectivity index is 0.00000625. The minimum Gasteiger partial charge on any atom is -0.357 e. The van der Waals surface area contributed by atoms with Crippen molar-refractivity contribution in [2.45, 2.75) is 26.8 Å². The minimum absolute atomic E-state index is 0. The fraction of sp³-hybridized carbons (Fsp3) is 0.667. The van der Waals surface area contributed by atoms with Crippen LogP contribution < -0.4 is 5.32 Å². The molecule has 0 aliphatic rings.